The van der Waals surface area contributed by atoms with Gasteiger partial charge in [0.1, 0.15) is 0 Å². The van der Waals surface area contributed by atoms with Gasteiger partial charge in [0.15, 0.2) is 0 Å². The second-order valence-corrected chi connectivity index (χ2v) is 25.5. The fourth-order valence-electron chi connectivity index (χ4n) is 16.4. The minimum Gasteiger partial charge on any atom is -0.341 e. The highest BCUT2D eigenvalue weighted by Gasteiger charge is 2.28. The summed E-state index contributed by atoms with van der Waals surface area (Å²) in [6, 6.07) is 103. The average Bonchev–Trinajstić information content (AvgIpc) is 2.40. The van der Waals surface area contributed by atoms with E-state index in [1.54, 1.807) is 0 Å². The maximum Gasteiger partial charge on any atom is 0.0491 e. The van der Waals surface area contributed by atoms with Gasteiger partial charge in [0.2, 0.25) is 0 Å². The Morgan fingerprint density at radius 1 is 0.204 bits per heavy atom. The van der Waals surface area contributed by atoms with Crippen LogP contribution in [0.25, 0.3) is 167 Å². The number of nitrogens with zero attached hydrogens (tertiary/aromatic N) is 3. The van der Waals surface area contributed by atoms with Crippen LogP contribution >= 0.6 is 0 Å². The number of aryl methyl sites for hydroxylation is 3. The van der Waals surface area contributed by atoms with Crippen LogP contribution in [0.4, 0.5) is 0 Å². The number of para-hydroxylation sites is 3. The number of fused-ring (bicyclic) bond motifs is 18. The highest BCUT2D eigenvalue weighted by atomic mass is 15.0. The molecule has 3 aromatic heterocycles. The second-order valence-electron chi connectivity index (χ2n) is 25.5. The predicted octanol–water partition coefficient (Wildman–Crippen LogP) is 23.8. The van der Waals surface area contributed by atoms with Gasteiger partial charge in [0.05, 0.1) is 0 Å². The Hall–Kier alpha value is -11.5. The molecule has 0 saturated heterocycles. The van der Waals surface area contributed by atoms with Gasteiger partial charge in [-0.2, -0.15) is 0 Å². The molecule has 19 rings (SSSR count). The van der Waals surface area contributed by atoms with Gasteiger partial charge in [-0.25, -0.2) is 0 Å². The van der Waals surface area contributed by atoms with Gasteiger partial charge in [0, 0.05) is 85.1 Å². The molecule has 0 spiro atoms. The van der Waals surface area contributed by atoms with E-state index in [9.17, 15) is 0 Å². The summed E-state index contributed by atoms with van der Waals surface area (Å²) in [5.41, 5.74) is 37.2. The molecule has 3 nitrogen and oxygen atoms in total. The van der Waals surface area contributed by atoms with Crippen molar-refractivity contribution >= 4 is 100 Å². The maximum absolute atomic E-state index is 2.47. The average molecular weight is 1190 g/mol. The van der Waals surface area contributed by atoms with Crippen LogP contribution in [0, 0.1) is 0 Å². The third kappa shape index (κ3) is 8.16. The lowest BCUT2D eigenvalue weighted by Crippen LogP contribution is -1.92. The molecule has 0 radical (unpaired) electrons. The van der Waals surface area contributed by atoms with E-state index < -0.39 is 0 Å². The van der Waals surface area contributed by atoms with Crippen molar-refractivity contribution in [2.45, 2.75) is 40.4 Å². The first kappa shape index (κ1) is 53.3. The van der Waals surface area contributed by atoms with Crippen molar-refractivity contribution in [3.8, 4) is 66.8 Å². The van der Waals surface area contributed by atoms with E-state index >= 15 is 0 Å². The quantitative estimate of drug-likeness (QED) is 0.137. The molecule has 16 aromatic rings. The number of aromatic nitrogens is 3. The highest BCUT2D eigenvalue weighted by Crippen LogP contribution is 2.51. The van der Waals surface area contributed by atoms with E-state index in [1.165, 1.54) is 199 Å². The molecule has 0 fully saturated rings. The van der Waals surface area contributed by atoms with Crippen molar-refractivity contribution in [2.24, 2.45) is 0 Å². The van der Waals surface area contributed by atoms with Gasteiger partial charge in [-0.3, -0.25) is 0 Å². The normalized spacial score (nSPS) is 14.2. The van der Waals surface area contributed by atoms with Crippen LogP contribution in [0.3, 0.4) is 0 Å². The lowest BCUT2D eigenvalue weighted by molar-refractivity contribution is 0.827. The number of rotatable bonds is 9. The van der Waals surface area contributed by atoms with Crippen molar-refractivity contribution in [1.82, 2.24) is 13.7 Å². The minimum absolute atomic E-state index is 0.919. The van der Waals surface area contributed by atoms with Crippen molar-refractivity contribution in [3.63, 3.8) is 0 Å². The molecule has 3 heteroatoms. The summed E-state index contributed by atoms with van der Waals surface area (Å²) in [6.45, 7) is 9.49. The molecule has 0 aliphatic heterocycles. The highest BCUT2D eigenvalue weighted by molar-refractivity contribution is 6.15. The number of benzene rings is 13. The van der Waals surface area contributed by atoms with Crippen LogP contribution in [0.5, 0.6) is 0 Å². The molecule has 3 aliphatic rings. The van der Waals surface area contributed by atoms with E-state index in [4.69, 9.17) is 0 Å². The minimum atomic E-state index is 0.919. The number of hydrogen-bond donors (Lipinski definition) is 0. The van der Waals surface area contributed by atoms with E-state index in [0.29, 0.717) is 0 Å². The summed E-state index contributed by atoms with van der Waals surface area (Å²) in [6.07, 6.45) is 7.29. The van der Waals surface area contributed by atoms with Gasteiger partial charge in [0.25, 0.3) is 0 Å². The van der Waals surface area contributed by atoms with Crippen LogP contribution in [-0.4, -0.2) is 13.7 Å². The standard InChI is InChI=1S/C90H63N3/c1-4-91-85-28-16-13-25-73(85)82-46-55(31-40-88(82)91)43-76-67-22-10-7-19-64(67)70-37-34-58(52-79(70)76)61-49-62(59-35-38-71-65-20-8-11-23-68(65)77(80(71)53-59)44-56-32-41-89-83(47-56)74-26-14-17-29-86(74)92(89)5-2)51-63(50-61)60-36-39-72-66-21-9-12-24-69(66)78(81(72)54-60)45-57-33-42-90-84(48-57)75-27-15-18-30-87(75)93(90)6-3/h7-54H,4-6H2,1-3H3/b76-43+,77-44+,78-45+. The Kier molecular flexibility index (Phi) is 11.9. The first-order valence-corrected chi connectivity index (χ1v) is 33.0. The molecule has 13 aromatic carbocycles. The Labute approximate surface area is 541 Å². The molecule has 0 amide bonds. The van der Waals surface area contributed by atoms with Crippen molar-refractivity contribution in [1.29, 1.82) is 0 Å². The Morgan fingerprint density at radius 3 is 0.763 bits per heavy atom. The first-order valence-electron chi connectivity index (χ1n) is 33.0. The topological polar surface area (TPSA) is 14.8 Å². The third-order valence-electron chi connectivity index (χ3n) is 20.7. The fourth-order valence-corrected chi connectivity index (χ4v) is 16.4. The molecule has 0 atom stereocenters. The summed E-state index contributed by atoms with van der Waals surface area (Å²) in [7, 11) is 0. The molecule has 0 saturated carbocycles. The van der Waals surface area contributed by atoms with Crippen molar-refractivity contribution in [2.75, 3.05) is 0 Å². The molecule has 93 heavy (non-hydrogen) atoms. The monoisotopic (exact) mass is 1190 g/mol. The van der Waals surface area contributed by atoms with E-state index in [0.717, 1.165) is 19.6 Å². The SMILES string of the molecule is CCn1c2ccccc2c2cc(/C=C3\c4ccccc4-c4ccc(-c5cc(-c6ccc7c(c6)/C(=C/c6ccc8c(c6)c6ccccc6n8CC)c6ccccc6-7)cc(-c6ccc7c(c6)/C(=C/c6ccc8c(c6)c6ccccc6n8CC)c6ccccc6-7)c5)cc43)ccc21. The molecule has 438 valence electrons. The maximum atomic E-state index is 2.47. The Balaban J connectivity index is 0.785. The molecule has 3 heterocycles. The van der Waals surface area contributed by atoms with Crippen LogP contribution in [-0.2, 0) is 19.6 Å². The fraction of sp³-hybridized carbons (Fsp3) is 0.0667. The molecule has 0 N–H and O–H groups in total. The van der Waals surface area contributed by atoms with E-state index in [2.05, 4.69) is 326 Å². The van der Waals surface area contributed by atoms with E-state index in [-0.39, 0.29) is 0 Å². The first-order chi connectivity index (χ1) is 45.9. The zero-order valence-electron chi connectivity index (χ0n) is 52.2. The molecular weight excluding hydrogens is 1120 g/mol. The number of hydrogen-bond acceptors (Lipinski definition) is 0. The van der Waals surface area contributed by atoms with Gasteiger partial charge in [-0.15, -0.1) is 0 Å². The third-order valence-corrected chi connectivity index (χ3v) is 20.7. The largest absolute Gasteiger partial charge is 0.341 e. The molecular formula is C90H63N3. The van der Waals surface area contributed by atoms with Gasteiger partial charge < -0.3 is 13.7 Å². The van der Waals surface area contributed by atoms with Crippen molar-refractivity contribution in [3.05, 3.63) is 323 Å². The van der Waals surface area contributed by atoms with Crippen LogP contribution < -0.4 is 0 Å². The lowest BCUT2D eigenvalue weighted by Gasteiger charge is -2.15. The summed E-state index contributed by atoms with van der Waals surface area (Å²) in [5, 5.41) is 7.75. The summed E-state index contributed by atoms with van der Waals surface area (Å²) in [5.74, 6) is 0. The predicted molar refractivity (Wildman–Crippen MR) is 395 cm³/mol. The van der Waals surface area contributed by atoms with Gasteiger partial charge in [-0.1, -0.05) is 182 Å². The summed E-state index contributed by atoms with van der Waals surface area (Å²) >= 11 is 0. The molecule has 0 bridgehead atoms. The lowest BCUT2D eigenvalue weighted by atomic mass is 9.89. The van der Waals surface area contributed by atoms with Gasteiger partial charge in [-0.05, 0) is 264 Å². The Morgan fingerprint density at radius 2 is 0.462 bits per heavy atom. The van der Waals surface area contributed by atoms with E-state index in [1.807, 2.05) is 0 Å². The van der Waals surface area contributed by atoms with Gasteiger partial charge >= 0.3 is 0 Å². The molecule has 3 aliphatic carbocycles. The zero-order chi connectivity index (χ0) is 61.6. The zero-order valence-corrected chi connectivity index (χ0v) is 52.2. The van der Waals surface area contributed by atoms with Crippen LogP contribution in [0.1, 0.15) is 70.8 Å². The summed E-state index contributed by atoms with van der Waals surface area (Å²) in [4.78, 5) is 0. The molecule has 0 unspecified atom stereocenters. The summed E-state index contributed by atoms with van der Waals surface area (Å²) < 4.78 is 7.32. The second kappa shape index (κ2) is 20.8. The van der Waals surface area contributed by atoms with Crippen LogP contribution in [0.15, 0.2) is 273 Å². The Bertz CT molecular complexity index is 5410. The smallest absolute Gasteiger partial charge is 0.0491 e. The van der Waals surface area contributed by atoms with Crippen molar-refractivity contribution < 1.29 is 0 Å². The van der Waals surface area contributed by atoms with Crippen LogP contribution in [0.2, 0.25) is 0 Å².